The van der Waals surface area contributed by atoms with E-state index in [1.165, 1.54) is 13.0 Å². The van der Waals surface area contributed by atoms with E-state index in [9.17, 15) is 0 Å². The molecule has 0 saturated carbocycles. The Morgan fingerprint density at radius 2 is 2.00 bits per heavy atom. The predicted molar refractivity (Wildman–Crippen MR) is 81.8 cm³/mol. The maximum absolute atomic E-state index is 6.28. The summed E-state index contributed by atoms with van der Waals surface area (Å²) in [6.45, 7) is 14.5. The molecule has 0 aliphatic heterocycles. The Bertz CT molecular complexity index is 376. The highest BCUT2D eigenvalue weighted by molar-refractivity contribution is 6.31. The van der Waals surface area contributed by atoms with E-state index < -0.39 is 0 Å². The van der Waals surface area contributed by atoms with Crippen LogP contribution < -0.4 is 5.32 Å². The number of likely N-dealkylation sites (N-methyl/N-ethyl adjacent to an activating group) is 1. The summed E-state index contributed by atoms with van der Waals surface area (Å²) in [5.74, 6) is 0. The normalized spacial score (nSPS) is 11.5. The summed E-state index contributed by atoms with van der Waals surface area (Å²) in [7, 11) is 0. The lowest BCUT2D eigenvalue weighted by Gasteiger charge is -2.19. The first-order valence-electron chi connectivity index (χ1n) is 7.28. The molecule has 0 atom stereocenters. The van der Waals surface area contributed by atoms with Gasteiger partial charge in [0.15, 0.2) is 0 Å². The molecule has 0 aliphatic carbocycles. The zero-order valence-corrected chi connectivity index (χ0v) is 13.4. The number of hydrogen-bond donors (Lipinski definition) is 1. The summed E-state index contributed by atoms with van der Waals surface area (Å²) in [4.78, 5) is 2.46. The maximum atomic E-state index is 6.28. The van der Waals surface area contributed by atoms with Gasteiger partial charge in [-0.05, 0) is 33.4 Å². The monoisotopic (exact) mass is 286 g/mol. The van der Waals surface area contributed by atoms with Gasteiger partial charge in [0.1, 0.15) is 0 Å². The molecule has 0 aliphatic rings. The van der Waals surface area contributed by atoms with Crippen molar-refractivity contribution in [2.24, 2.45) is 0 Å². The molecule has 0 saturated heterocycles. The Labute approximate surface area is 122 Å². The van der Waals surface area contributed by atoms with Crippen molar-refractivity contribution in [2.45, 2.75) is 47.2 Å². The number of aryl methyl sites for hydroxylation is 2. The lowest BCUT2D eigenvalue weighted by atomic mass is 10.3. The smallest absolute Gasteiger partial charge is 0.0860 e. The molecule has 0 aromatic carbocycles. The van der Waals surface area contributed by atoms with Crippen molar-refractivity contribution in [3.05, 3.63) is 16.4 Å². The molecular formula is C14H27ClN4. The van der Waals surface area contributed by atoms with Crippen molar-refractivity contribution in [3.8, 4) is 0 Å². The van der Waals surface area contributed by atoms with Gasteiger partial charge < -0.3 is 10.2 Å². The van der Waals surface area contributed by atoms with Crippen LogP contribution in [0.25, 0.3) is 0 Å². The van der Waals surface area contributed by atoms with Gasteiger partial charge in [-0.1, -0.05) is 25.4 Å². The lowest BCUT2D eigenvalue weighted by molar-refractivity contribution is 0.287. The molecule has 19 heavy (non-hydrogen) atoms. The van der Waals surface area contributed by atoms with Gasteiger partial charge in [0.2, 0.25) is 0 Å². The minimum Gasteiger partial charge on any atom is -0.310 e. The summed E-state index contributed by atoms with van der Waals surface area (Å²) < 4.78 is 1.98. The summed E-state index contributed by atoms with van der Waals surface area (Å²) in [6.07, 6.45) is 1.21. The number of rotatable bonds is 9. The molecule has 0 spiro atoms. The van der Waals surface area contributed by atoms with Crippen LogP contribution in [-0.2, 0) is 13.1 Å². The highest BCUT2D eigenvalue weighted by atomic mass is 35.5. The third-order valence-corrected chi connectivity index (χ3v) is 3.83. The fourth-order valence-corrected chi connectivity index (χ4v) is 2.43. The Morgan fingerprint density at radius 3 is 2.58 bits per heavy atom. The van der Waals surface area contributed by atoms with Gasteiger partial charge in [-0.3, -0.25) is 4.68 Å². The van der Waals surface area contributed by atoms with Gasteiger partial charge in [0.25, 0.3) is 0 Å². The zero-order valence-electron chi connectivity index (χ0n) is 12.7. The van der Waals surface area contributed by atoms with E-state index in [0.29, 0.717) is 0 Å². The standard InChI is InChI=1S/C14H27ClN4/c1-5-9-18(6-2)10-8-16-11-13-14(15)12(4)17-19(13)7-3/h16H,5-11H2,1-4H3. The first kappa shape index (κ1) is 16.5. The molecule has 5 heteroatoms. The Hall–Kier alpha value is -0.580. The van der Waals surface area contributed by atoms with E-state index in [0.717, 1.165) is 49.1 Å². The summed E-state index contributed by atoms with van der Waals surface area (Å²) >= 11 is 6.28. The third kappa shape index (κ3) is 4.79. The molecule has 1 aromatic heterocycles. The zero-order chi connectivity index (χ0) is 14.3. The number of aromatic nitrogens is 2. The average Bonchev–Trinajstić information content (AvgIpc) is 2.69. The van der Waals surface area contributed by atoms with Gasteiger partial charge in [-0.2, -0.15) is 5.10 Å². The molecule has 4 nitrogen and oxygen atoms in total. The van der Waals surface area contributed by atoms with E-state index in [2.05, 4.69) is 36.1 Å². The molecule has 110 valence electrons. The van der Waals surface area contributed by atoms with Crippen molar-refractivity contribution < 1.29 is 0 Å². The second-order valence-electron chi connectivity index (χ2n) is 4.77. The predicted octanol–water partition coefficient (Wildman–Crippen LogP) is 2.69. The van der Waals surface area contributed by atoms with Gasteiger partial charge in [0, 0.05) is 26.2 Å². The highest BCUT2D eigenvalue weighted by Gasteiger charge is 2.11. The summed E-state index contributed by atoms with van der Waals surface area (Å²) in [5.41, 5.74) is 2.02. The van der Waals surface area contributed by atoms with Crippen LogP contribution in [0.4, 0.5) is 0 Å². The topological polar surface area (TPSA) is 33.1 Å². The fraction of sp³-hybridized carbons (Fsp3) is 0.786. The van der Waals surface area contributed by atoms with E-state index in [4.69, 9.17) is 11.6 Å². The Kier molecular flexibility index (Phi) is 7.42. The quantitative estimate of drug-likeness (QED) is 0.709. The molecule has 0 fully saturated rings. The van der Waals surface area contributed by atoms with Crippen LogP contribution in [-0.4, -0.2) is 40.9 Å². The second-order valence-corrected chi connectivity index (χ2v) is 5.15. The van der Waals surface area contributed by atoms with Gasteiger partial charge >= 0.3 is 0 Å². The van der Waals surface area contributed by atoms with E-state index >= 15 is 0 Å². The largest absolute Gasteiger partial charge is 0.310 e. The second kappa shape index (κ2) is 8.56. The number of halogens is 1. The molecule has 0 bridgehead atoms. The van der Waals surface area contributed by atoms with Gasteiger partial charge in [-0.15, -0.1) is 0 Å². The molecule has 0 amide bonds. The van der Waals surface area contributed by atoms with Crippen molar-refractivity contribution >= 4 is 11.6 Å². The summed E-state index contributed by atoms with van der Waals surface area (Å²) in [5, 5.41) is 8.69. The van der Waals surface area contributed by atoms with Gasteiger partial charge in [0.05, 0.1) is 16.4 Å². The van der Waals surface area contributed by atoms with Crippen molar-refractivity contribution in [2.75, 3.05) is 26.2 Å². The maximum Gasteiger partial charge on any atom is 0.0860 e. The van der Waals surface area contributed by atoms with Crippen molar-refractivity contribution in [1.82, 2.24) is 20.0 Å². The third-order valence-electron chi connectivity index (χ3n) is 3.34. The molecule has 1 heterocycles. The average molecular weight is 287 g/mol. The van der Waals surface area contributed by atoms with Crippen LogP contribution in [0.2, 0.25) is 5.02 Å². The molecule has 1 aromatic rings. The van der Waals surface area contributed by atoms with E-state index in [-0.39, 0.29) is 0 Å². The van der Waals surface area contributed by atoms with Gasteiger partial charge in [-0.25, -0.2) is 0 Å². The molecule has 1 rings (SSSR count). The SMILES string of the molecule is CCCN(CC)CCNCc1c(Cl)c(C)nn1CC. The molecule has 0 radical (unpaired) electrons. The first-order chi connectivity index (χ1) is 9.13. The minimum atomic E-state index is 0.789. The van der Waals surface area contributed by atoms with Crippen LogP contribution in [0.1, 0.15) is 38.6 Å². The molecule has 0 unspecified atom stereocenters. The van der Waals surface area contributed by atoms with Crippen LogP contribution in [0.3, 0.4) is 0 Å². The minimum absolute atomic E-state index is 0.789. The first-order valence-corrected chi connectivity index (χ1v) is 7.66. The highest BCUT2D eigenvalue weighted by Crippen LogP contribution is 2.19. The molecular weight excluding hydrogens is 260 g/mol. The van der Waals surface area contributed by atoms with Crippen LogP contribution in [0, 0.1) is 6.92 Å². The van der Waals surface area contributed by atoms with Crippen LogP contribution in [0.15, 0.2) is 0 Å². The lowest BCUT2D eigenvalue weighted by Crippen LogP contribution is -2.32. The number of nitrogens with zero attached hydrogens (tertiary/aromatic N) is 3. The van der Waals surface area contributed by atoms with Crippen molar-refractivity contribution in [1.29, 1.82) is 0 Å². The van der Waals surface area contributed by atoms with E-state index in [1.54, 1.807) is 0 Å². The van der Waals surface area contributed by atoms with Crippen LogP contribution in [0.5, 0.6) is 0 Å². The molecule has 1 N–H and O–H groups in total. The van der Waals surface area contributed by atoms with E-state index in [1.807, 2.05) is 11.6 Å². The fourth-order valence-electron chi connectivity index (χ4n) is 2.23. The Morgan fingerprint density at radius 1 is 1.26 bits per heavy atom. The van der Waals surface area contributed by atoms with Crippen LogP contribution >= 0.6 is 11.6 Å². The number of hydrogen-bond acceptors (Lipinski definition) is 3. The Balaban J connectivity index is 2.41. The summed E-state index contributed by atoms with van der Waals surface area (Å²) in [6, 6.07) is 0. The van der Waals surface area contributed by atoms with Crippen molar-refractivity contribution in [3.63, 3.8) is 0 Å². The number of nitrogens with one attached hydrogen (secondary N) is 1.